The number of hydrogen-bond donors (Lipinski definition) is 2. The Morgan fingerprint density at radius 1 is 1.62 bits per heavy atom. The fourth-order valence-electron chi connectivity index (χ4n) is 0.844. The van der Waals surface area contributed by atoms with E-state index in [0.29, 0.717) is 4.47 Å². The lowest BCUT2D eigenvalue weighted by Crippen LogP contribution is -2.21. The highest BCUT2D eigenvalue weighted by molar-refractivity contribution is 9.10. The summed E-state index contributed by atoms with van der Waals surface area (Å²) in [5.41, 5.74) is 2.28. The van der Waals surface area contributed by atoms with Gasteiger partial charge in [-0.05, 0) is 18.2 Å². The molecule has 0 aliphatic rings. The van der Waals surface area contributed by atoms with Crippen LogP contribution in [0.5, 0.6) is 5.75 Å². The maximum absolute atomic E-state index is 11.2. The molecule has 1 aromatic carbocycles. The fourth-order valence-corrected chi connectivity index (χ4v) is 1.19. The van der Waals surface area contributed by atoms with E-state index in [4.69, 9.17) is 0 Å². The van der Waals surface area contributed by atoms with Crippen LogP contribution in [0, 0.1) is 0 Å². The lowest BCUT2D eigenvalue weighted by molar-refractivity contribution is 0.0535. The number of hydrogen-bond acceptors (Lipinski definition) is 3. The number of halogens is 1. The van der Waals surface area contributed by atoms with Crippen LogP contribution in [0.25, 0.3) is 0 Å². The van der Waals surface area contributed by atoms with Gasteiger partial charge in [0.15, 0.2) is 0 Å². The summed E-state index contributed by atoms with van der Waals surface area (Å²) in [6.07, 6.45) is 0. The Balaban J connectivity index is 2.95. The summed E-state index contributed by atoms with van der Waals surface area (Å²) in [4.78, 5) is 15.6. The molecule has 1 aromatic rings. The van der Waals surface area contributed by atoms with E-state index in [9.17, 15) is 9.90 Å². The highest BCUT2D eigenvalue weighted by Gasteiger charge is 2.10. The second-order valence-corrected chi connectivity index (χ2v) is 3.21. The number of phenols is 1. The maximum Gasteiger partial charge on any atom is 0.278 e. The van der Waals surface area contributed by atoms with Gasteiger partial charge in [-0.25, -0.2) is 5.48 Å². The van der Waals surface area contributed by atoms with Crippen LogP contribution in [0.1, 0.15) is 10.4 Å². The number of rotatable bonds is 2. The van der Waals surface area contributed by atoms with Crippen molar-refractivity contribution in [1.82, 2.24) is 5.48 Å². The molecule has 0 saturated carbocycles. The van der Waals surface area contributed by atoms with Crippen LogP contribution in [-0.2, 0) is 4.84 Å². The first kappa shape index (κ1) is 10.0. The first-order valence-electron chi connectivity index (χ1n) is 3.47. The highest BCUT2D eigenvalue weighted by Crippen LogP contribution is 2.21. The number of amides is 1. The van der Waals surface area contributed by atoms with Crippen LogP contribution in [0.15, 0.2) is 22.7 Å². The molecule has 1 rings (SSSR count). The zero-order valence-corrected chi connectivity index (χ0v) is 8.46. The first-order chi connectivity index (χ1) is 6.15. The summed E-state index contributed by atoms with van der Waals surface area (Å²) in [5.74, 6) is -0.573. The normalized spacial score (nSPS) is 9.69. The third kappa shape index (κ3) is 2.43. The van der Waals surface area contributed by atoms with Crippen molar-refractivity contribution in [2.45, 2.75) is 0 Å². The molecule has 0 radical (unpaired) electrons. The predicted molar refractivity (Wildman–Crippen MR) is 50.3 cm³/mol. The first-order valence-corrected chi connectivity index (χ1v) is 4.26. The van der Waals surface area contributed by atoms with Crippen molar-refractivity contribution in [2.24, 2.45) is 0 Å². The number of benzene rings is 1. The molecule has 0 aromatic heterocycles. The third-order valence-corrected chi connectivity index (χ3v) is 1.89. The van der Waals surface area contributed by atoms with E-state index in [1.54, 1.807) is 6.07 Å². The number of carbonyl (C=O) groups is 1. The summed E-state index contributed by atoms with van der Waals surface area (Å²) >= 11 is 3.16. The second kappa shape index (κ2) is 4.25. The molecule has 0 spiro atoms. The van der Waals surface area contributed by atoms with Crippen LogP contribution in [-0.4, -0.2) is 18.1 Å². The van der Waals surface area contributed by atoms with Crippen molar-refractivity contribution in [3.63, 3.8) is 0 Å². The van der Waals surface area contributed by atoms with Gasteiger partial charge in [-0.2, -0.15) is 0 Å². The zero-order chi connectivity index (χ0) is 9.84. The van der Waals surface area contributed by atoms with Crippen molar-refractivity contribution in [1.29, 1.82) is 0 Å². The monoisotopic (exact) mass is 245 g/mol. The number of hydroxylamine groups is 1. The molecule has 0 aliphatic heterocycles. The summed E-state index contributed by atoms with van der Waals surface area (Å²) in [7, 11) is 1.33. The molecule has 0 atom stereocenters. The number of aromatic hydroxyl groups is 1. The average Bonchev–Trinajstić information content (AvgIpc) is 2.04. The molecule has 0 saturated heterocycles. The van der Waals surface area contributed by atoms with Gasteiger partial charge >= 0.3 is 0 Å². The molecule has 1 amide bonds. The summed E-state index contributed by atoms with van der Waals surface area (Å²) in [6.45, 7) is 0. The largest absolute Gasteiger partial charge is 0.507 e. The van der Waals surface area contributed by atoms with Gasteiger partial charge in [-0.3, -0.25) is 9.63 Å². The highest BCUT2D eigenvalue weighted by atomic mass is 79.9. The molecule has 2 N–H and O–H groups in total. The quantitative estimate of drug-likeness (QED) is 0.776. The topological polar surface area (TPSA) is 58.6 Å². The smallest absolute Gasteiger partial charge is 0.278 e. The zero-order valence-electron chi connectivity index (χ0n) is 6.87. The molecule has 13 heavy (non-hydrogen) atoms. The van der Waals surface area contributed by atoms with Crippen molar-refractivity contribution < 1.29 is 14.7 Å². The summed E-state index contributed by atoms with van der Waals surface area (Å²) in [5, 5.41) is 9.34. The van der Waals surface area contributed by atoms with Gasteiger partial charge in [-0.15, -0.1) is 0 Å². The minimum absolute atomic E-state index is 0.0936. The Morgan fingerprint density at radius 2 is 2.31 bits per heavy atom. The van der Waals surface area contributed by atoms with Gasteiger partial charge in [0.1, 0.15) is 5.75 Å². The predicted octanol–water partition coefficient (Wildman–Crippen LogP) is 1.45. The molecule has 5 heteroatoms. The Kier molecular flexibility index (Phi) is 3.27. The van der Waals surface area contributed by atoms with Crippen LogP contribution in [0.4, 0.5) is 0 Å². The Hall–Kier alpha value is -1.07. The van der Waals surface area contributed by atoms with E-state index >= 15 is 0 Å². The standard InChI is InChI=1S/C8H8BrNO3/c1-13-10-8(12)6-3-2-5(9)4-7(6)11/h2-4,11H,1H3,(H,10,12). The summed E-state index contributed by atoms with van der Waals surface area (Å²) in [6, 6.07) is 4.59. The van der Waals surface area contributed by atoms with E-state index in [0.717, 1.165) is 0 Å². The van der Waals surface area contributed by atoms with Gasteiger partial charge in [0.2, 0.25) is 0 Å². The Bertz CT molecular complexity index is 327. The third-order valence-electron chi connectivity index (χ3n) is 1.40. The van der Waals surface area contributed by atoms with Crippen LogP contribution >= 0.6 is 15.9 Å². The molecular weight excluding hydrogens is 238 g/mol. The molecule has 70 valence electrons. The van der Waals surface area contributed by atoms with Crippen molar-refractivity contribution >= 4 is 21.8 Å². The summed E-state index contributed by atoms with van der Waals surface area (Å²) < 4.78 is 0.707. The minimum Gasteiger partial charge on any atom is -0.507 e. The van der Waals surface area contributed by atoms with E-state index in [1.807, 2.05) is 0 Å². The van der Waals surface area contributed by atoms with Crippen LogP contribution in [0.3, 0.4) is 0 Å². The number of carbonyl (C=O) groups excluding carboxylic acids is 1. The van der Waals surface area contributed by atoms with Gasteiger partial charge in [0.25, 0.3) is 5.91 Å². The maximum atomic E-state index is 11.2. The Labute approximate surface area is 83.6 Å². The number of nitrogens with one attached hydrogen (secondary N) is 1. The fraction of sp³-hybridized carbons (Fsp3) is 0.125. The van der Waals surface area contributed by atoms with Crippen LogP contribution < -0.4 is 5.48 Å². The molecule has 0 aliphatic carbocycles. The minimum atomic E-state index is -0.479. The van der Waals surface area contributed by atoms with Crippen molar-refractivity contribution in [2.75, 3.05) is 7.11 Å². The molecule has 0 bridgehead atoms. The van der Waals surface area contributed by atoms with E-state index < -0.39 is 5.91 Å². The SMILES string of the molecule is CONC(=O)c1ccc(Br)cc1O. The molecule has 4 nitrogen and oxygen atoms in total. The molecular formula is C8H8BrNO3. The average molecular weight is 246 g/mol. The Morgan fingerprint density at radius 3 is 2.85 bits per heavy atom. The van der Waals surface area contributed by atoms with Crippen molar-refractivity contribution in [3.05, 3.63) is 28.2 Å². The van der Waals surface area contributed by atoms with Gasteiger partial charge in [0, 0.05) is 4.47 Å². The molecule has 0 heterocycles. The van der Waals surface area contributed by atoms with E-state index in [1.165, 1.54) is 19.2 Å². The number of phenolic OH excluding ortho intramolecular Hbond substituents is 1. The lowest BCUT2D eigenvalue weighted by atomic mass is 10.2. The van der Waals surface area contributed by atoms with Crippen molar-refractivity contribution in [3.8, 4) is 5.75 Å². The molecule has 0 fully saturated rings. The lowest BCUT2D eigenvalue weighted by Gasteiger charge is -2.04. The second-order valence-electron chi connectivity index (χ2n) is 2.30. The van der Waals surface area contributed by atoms with Gasteiger partial charge < -0.3 is 5.11 Å². The molecule has 0 unspecified atom stereocenters. The van der Waals surface area contributed by atoms with E-state index in [-0.39, 0.29) is 11.3 Å². The van der Waals surface area contributed by atoms with Crippen LogP contribution in [0.2, 0.25) is 0 Å². The van der Waals surface area contributed by atoms with Gasteiger partial charge in [0.05, 0.1) is 12.7 Å². The van der Waals surface area contributed by atoms with Gasteiger partial charge in [-0.1, -0.05) is 15.9 Å². The van der Waals surface area contributed by atoms with E-state index in [2.05, 4.69) is 26.2 Å².